The highest BCUT2D eigenvalue weighted by Gasteiger charge is 2.25. The van der Waals surface area contributed by atoms with Gasteiger partial charge in [0, 0.05) is 41.6 Å². The zero-order valence-electron chi connectivity index (χ0n) is 14.7. The van der Waals surface area contributed by atoms with E-state index < -0.39 is 0 Å². The molecule has 4 nitrogen and oxygen atoms in total. The highest BCUT2D eigenvalue weighted by atomic mass is 35.5. The number of rotatable bonds is 5. The van der Waals surface area contributed by atoms with Gasteiger partial charge in [-0.15, -0.1) is 11.3 Å². The van der Waals surface area contributed by atoms with E-state index in [0.29, 0.717) is 19.0 Å². The van der Waals surface area contributed by atoms with Gasteiger partial charge < -0.3 is 4.90 Å². The van der Waals surface area contributed by atoms with Crippen molar-refractivity contribution >= 4 is 28.8 Å². The number of aryl methyl sites for hydroxylation is 1. The molecule has 1 aromatic carbocycles. The van der Waals surface area contributed by atoms with Gasteiger partial charge in [-0.1, -0.05) is 29.8 Å². The van der Waals surface area contributed by atoms with Crippen molar-refractivity contribution in [3.8, 4) is 0 Å². The summed E-state index contributed by atoms with van der Waals surface area (Å²) in [5, 5.41) is 3.96. The number of hydrogen-bond acceptors (Lipinski definition) is 4. The maximum atomic E-state index is 12.5. The Morgan fingerprint density at radius 1 is 1.36 bits per heavy atom. The van der Waals surface area contributed by atoms with Crippen LogP contribution in [0, 0.1) is 6.92 Å². The van der Waals surface area contributed by atoms with Crippen LogP contribution in [-0.2, 0) is 17.9 Å². The molecule has 1 saturated heterocycles. The maximum Gasteiger partial charge on any atom is 0.222 e. The van der Waals surface area contributed by atoms with Crippen molar-refractivity contribution in [2.45, 2.75) is 45.3 Å². The Balaban J connectivity index is 1.60. The van der Waals surface area contributed by atoms with Gasteiger partial charge in [-0.05, 0) is 38.4 Å². The Hall–Kier alpha value is -1.43. The smallest absolute Gasteiger partial charge is 0.222 e. The van der Waals surface area contributed by atoms with E-state index in [1.165, 1.54) is 0 Å². The molecule has 0 bridgehead atoms. The van der Waals surface area contributed by atoms with Crippen molar-refractivity contribution in [2.24, 2.45) is 0 Å². The zero-order chi connectivity index (χ0) is 17.8. The average Bonchev–Trinajstić information content (AvgIpc) is 2.90. The molecule has 3 rings (SSSR count). The molecule has 25 heavy (non-hydrogen) atoms. The second-order valence-corrected chi connectivity index (χ2v) is 8.04. The van der Waals surface area contributed by atoms with Crippen LogP contribution < -0.4 is 0 Å². The number of nitrogens with zero attached hydrogens (tertiary/aromatic N) is 3. The molecule has 0 aliphatic carbocycles. The van der Waals surface area contributed by atoms with Crippen LogP contribution in [-0.4, -0.2) is 40.3 Å². The first kappa shape index (κ1) is 18.4. The number of likely N-dealkylation sites (tertiary alicyclic amines) is 1. The molecule has 6 heteroatoms. The summed E-state index contributed by atoms with van der Waals surface area (Å²) in [6, 6.07) is 8.17. The molecule has 2 aromatic rings. The summed E-state index contributed by atoms with van der Waals surface area (Å²) < 4.78 is 0. The summed E-state index contributed by atoms with van der Waals surface area (Å²) in [4.78, 5) is 21.3. The van der Waals surface area contributed by atoms with E-state index in [2.05, 4.69) is 22.3 Å². The quantitative estimate of drug-likeness (QED) is 0.786. The van der Waals surface area contributed by atoms with Crippen LogP contribution in [0.5, 0.6) is 0 Å². The monoisotopic (exact) mass is 377 g/mol. The van der Waals surface area contributed by atoms with Crippen LogP contribution in [0.3, 0.4) is 0 Å². The molecule has 1 aromatic heterocycles. The fraction of sp³-hybridized carbons (Fsp3) is 0.474. The van der Waals surface area contributed by atoms with E-state index in [4.69, 9.17) is 11.6 Å². The molecular formula is C19H24ClN3OS. The minimum absolute atomic E-state index is 0.223. The lowest BCUT2D eigenvalue weighted by atomic mass is 10.1. The summed E-state index contributed by atoms with van der Waals surface area (Å²) in [6.07, 6.45) is 2.48. The first-order valence-corrected chi connectivity index (χ1v) is 9.91. The van der Waals surface area contributed by atoms with Gasteiger partial charge in [-0.3, -0.25) is 9.69 Å². The van der Waals surface area contributed by atoms with Gasteiger partial charge in [0.05, 0.1) is 6.54 Å². The van der Waals surface area contributed by atoms with Crippen molar-refractivity contribution in [1.29, 1.82) is 0 Å². The van der Waals surface area contributed by atoms with Gasteiger partial charge in [0.15, 0.2) is 0 Å². The first-order chi connectivity index (χ1) is 12.0. The van der Waals surface area contributed by atoms with Crippen LogP contribution in [0.25, 0.3) is 0 Å². The second-order valence-electron chi connectivity index (χ2n) is 6.69. The van der Waals surface area contributed by atoms with E-state index in [1.807, 2.05) is 36.1 Å². The number of aromatic nitrogens is 1. The van der Waals surface area contributed by atoms with Crippen LogP contribution in [0.2, 0.25) is 5.02 Å². The van der Waals surface area contributed by atoms with Crippen molar-refractivity contribution in [3.05, 3.63) is 50.9 Å². The Kier molecular flexibility index (Phi) is 6.10. The van der Waals surface area contributed by atoms with Crippen molar-refractivity contribution in [3.63, 3.8) is 0 Å². The fourth-order valence-electron chi connectivity index (χ4n) is 3.28. The maximum absolute atomic E-state index is 12.5. The minimum atomic E-state index is 0.223. The summed E-state index contributed by atoms with van der Waals surface area (Å²) in [5.74, 6) is 0.223. The molecule has 1 aliphatic heterocycles. The number of thiazole rings is 1. The Bertz CT molecular complexity index is 733. The van der Waals surface area contributed by atoms with Crippen LogP contribution in [0.1, 0.15) is 35.5 Å². The van der Waals surface area contributed by atoms with E-state index in [0.717, 1.165) is 47.2 Å². The number of amides is 1. The average molecular weight is 378 g/mol. The SMILES string of the molecule is Cc1csc(CN(C)C2CCC(=O)N(Cc3ccccc3Cl)CC2)n1. The minimum Gasteiger partial charge on any atom is -0.338 e. The topological polar surface area (TPSA) is 36.4 Å². The third kappa shape index (κ3) is 4.81. The molecule has 0 saturated carbocycles. The Labute approximate surface area is 158 Å². The molecule has 0 N–H and O–H groups in total. The van der Waals surface area contributed by atoms with Gasteiger partial charge in [0.25, 0.3) is 0 Å². The first-order valence-electron chi connectivity index (χ1n) is 8.65. The lowest BCUT2D eigenvalue weighted by molar-refractivity contribution is -0.131. The van der Waals surface area contributed by atoms with E-state index in [1.54, 1.807) is 11.3 Å². The van der Waals surface area contributed by atoms with Gasteiger partial charge in [-0.25, -0.2) is 4.98 Å². The number of halogens is 1. The number of carbonyl (C=O) groups excluding carboxylic acids is 1. The summed E-state index contributed by atoms with van der Waals surface area (Å²) >= 11 is 7.96. The van der Waals surface area contributed by atoms with Crippen molar-refractivity contribution in [1.82, 2.24) is 14.8 Å². The van der Waals surface area contributed by atoms with Gasteiger partial charge in [0.2, 0.25) is 5.91 Å². The number of benzene rings is 1. The predicted molar refractivity (Wildman–Crippen MR) is 103 cm³/mol. The summed E-state index contributed by atoms with van der Waals surface area (Å²) in [5.41, 5.74) is 2.10. The molecular weight excluding hydrogens is 354 g/mol. The van der Waals surface area contributed by atoms with Gasteiger partial charge in [0.1, 0.15) is 5.01 Å². The van der Waals surface area contributed by atoms with Crippen LogP contribution in [0.4, 0.5) is 0 Å². The van der Waals surface area contributed by atoms with Crippen molar-refractivity contribution < 1.29 is 4.79 Å². The Morgan fingerprint density at radius 2 is 2.16 bits per heavy atom. The largest absolute Gasteiger partial charge is 0.338 e. The molecule has 0 radical (unpaired) electrons. The molecule has 2 heterocycles. The van der Waals surface area contributed by atoms with Gasteiger partial charge in [-0.2, -0.15) is 0 Å². The van der Waals surface area contributed by atoms with Crippen LogP contribution >= 0.6 is 22.9 Å². The second kappa shape index (κ2) is 8.30. The van der Waals surface area contributed by atoms with Gasteiger partial charge >= 0.3 is 0 Å². The Morgan fingerprint density at radius 3 is 2.88 bits per heavy atom. The van der Waals surface area contributed by atoms with E-state index in [9.17, 15) is 4.79 Å². The lowest BCUT2D eigenvalue weighted by Crippen LogP contribution is -2.33. The van der Waals surface area contributed by atoms with Crippen LogP contribution in [0.15, 0.2) is 29.6 Å². The standard InChI is InChI=1S/C19H24ClN3OS/c1-14-13-25-18(21-14)12-22(2)16-7-8-19(24)23(10-9-16)11-15-5-3-4-6-17(15)20/h3-6,13,16H,7-12H2,1-2H3. The number of carbonyl (C=O) groups is 1. The highest BCUT2D eigenvalue weighted by molar-refractivity contribution is 7.09. The molecule has 1 unspecified atom stereocenters. The van der Waals surface area contributed by atoms with E-state index >= 15 is 0 Å². The third-order valence-electron chi connectivity index (χ3n) is 4.77. The molecule has 1 aliphatic rings. The lowest BCUT2D eigenvalue weighted by Gasteiger charge is -2.26. The molecule has 1 fully saturated rings. The fourth-order valence-corrected chi connectivity index (χ4v) is 4.31. The molecule has 1 atom stereocenters. The molecule has 1 amide bonds. The highest BCUT2D eigenvalue weighted by Crippen LogP contribution is 2.23. The zero-order valence-corrected chi connectivity index (χ0v) is 16.3. The molecule has 0 spiro atoms. The number of hydrogen-bond donors (Lipinski definition) is 0. The van der Waals surface area contributed by atoms with Crippen molar-refractivity contribution in [2.75, 3.05) is 13.6 Å². The molecule has 134 valence electrons. The normalized spacial score (nSPS) is 18.6. The summed E-state index contributed by atoms with van der Waals surface area (Å²) in [7, 11) is 2.13. The van der Waals surface area contributed by atoms with E-state index in [-0.39, 0.29) is 5.91 Å². The third-order valence-corrected chi connectivity index (χ3v) is 6.09. The predicted octanol–water partition coefficient (Wildman–Crippen LogP) is 4.12. The summed E-state index contributed by atoms with van der Waals surface area (Å²) in [6.45, 7) is 4.25.